The smallest absolute Gasteiger partial charge is 0.407 e. The second kappa shape index (κ2) is 6.57. The van der Waals surface area contributed by atoms with Gasteiger partial charge in [-0.05, 0) is 19.3 Å². The van der Waals surface area contributed by atoms with Gasteiger partial charge in [0, 0.05) is 25.7 Å². The molecule has 2 rings (SSSR count). The highest BCUT2D eigenvalue weighted by atomic mass is 16.5. The Morgan fingerprint density at radius 3 is 2.90 bits per heavy atom. The molecule has 1 N–H and O–H groups in total. The molecule has 2 aliphatic heterocycles. The zero-order valence-corrected chi connectivity index (χ0v) is 11.7. The second-order valence-electron chi connectivity index (χ2n) is 5.23. The summed E-state index contributed by atoms with van der Waals surface area (Å²) >= 11 is 0. The third kappa shape index (κ3) is 3.39. The maximum atomic E-state index is 12.2. The summed E-state index contributed by atoms with van der Waals surface area (Å²) in [5, 5.41) is 11.7. The van der Waals surface area contributed by atoms with E-state index in [1.54, 1.807) is 4.90 Å². The molecule has 0 saturated carbocycles. The average molecular weight is 280 g/mol. The predicted octanol–water partition coefficient (Wildman–Crippen LogP) is -0.0687. The first-order chi connectivity index (χ1) is 9.63. The molecule has 0 aromatic heterocycles. The molecule has 0 spiro atoms. The van der Waals surface area contributed by atoms with Crippen molar-refractivity contribution < 1.29 is 14.3 Å². The van der Waals surface area contributed by atoms with Crippen LogP contribution >= 0.6 is 0 Å². The fourth-order valence-electron chi connectivity index (χ4n) is 2.80. The first kappa shape index (κ1) is 14.6. The number of amides is 2. The van der Waals surface area contributed by atoms with Crippen molar-refractivity contribution >= 4 is 12.0 Å². The van der Waals surface area contributed by atoms with Crippen LogP contribution in [0.3, 0.4) is 0 Å². The van der Waals surface area contributed by atoms with Crippen molar-refractivity contribution in [2.24, 2.45) is 0 Å². The van der Waals surface area contributed by atoms with Crippen LogP contribution in [0.25, 0.3) is 0 Å². The molecule has 0 aromatic carbocycles. The molecule has 7 heteroatoms. The number of hydrogen-bond acceptors (Lipinski definition) is 5. The molecule has 2 amide bonds. The van der Waals surface area contributed by atoms with Gasteiger partial charge < -0.3 is 15.0 Å². The van der Waals surface area contributed by atoms with Gasteiger partial charge >= 0.3 is 6.09 Å². The van der Waals surface area contributed by atoms with E-state index in [0.717, 1.165) is 25.8 Å². The normalized spacial score (nSPS) is 26.3. The van der Waals surface area contributed by atoms with Crippen molar-refractivity contribution in [3.05, 3.63) is 0 Å². The summed E-state index contributed by atoms with van der Waals surface area (Å²) in [6.07, 6.45) is 2.04. The maximum absolute atomic E-state index is 12.2. The van der Waals surface area contributed by atoms with Gasteiger partial charge in [-0.25, -0.2) is 4.79 Å². The van der Waals surface area contributed by atoms with Gasteiger partial charge in [0.05, 0.1) is 19.7 Å². The first-order valence-corrected chi connectivity index (χ1v) is 6.90. The molecule has 110 valence electrons. The number of hydrogen-bond donors (Lipinski definition) is 1. The van der Waals surface area contributed by atoms with Gasteiger partial charge in [-0.1, -0.05) is 0 Å². The van der Waals surface area contributed by atoms with Crippen molar-refractivity contribution in [1.82, 2.24) is 15.1 Å². The third-order valence-corrected chi connectivity index (χ3v) is 3.86. The number of carbonyl (C=O) groups is 2. The Labute approximate surface area is 118 Å². The summed E-state index contributed by atoms with van der Waals surface area (Å²) in [5.41, 5.74) is 0. The number of carbonyl (C=O) groups excluding carboxylic acids is 2. The fourth-order valence-corrected chi connectivity index (χ4v) is 2.80. The lowest BCUT2D eigenvalue weighted by Crippen LogP contribution is -2.43. The van der Waals surface area contributed by atoms with Gasteiger partial charge in [0.2, 0.25) is 5.91 Å². The number of rotatable bonds is 3. The summed E-state index contributed by atoms with van der Waals surface area (Å²) in [6.45, 7) is 2.41. The van der Waals surface area contributed by atoms with Gasteiger partial charge in [-0.3, -0.25) is 9.69 Å². The fraction of sp³-hybridized carbons (Fsp3) is 0.769. The van der Waals surface area contributed by atoms with E-state index >= 15 is 0 Å². The quantitative estimate of drug-likeness (QED) is 0.782. The number of methoxy groups -OCH3 is 1. The van der Waals surface area contributed by atoms with Crippen LogP contribution in [0.15, 0.2) is 0 Å². The average Bonchev–Trinajstić information content (AvgIpc) is 3.07. The zero-order chi connectivity index (χ0) is 14.5. The van der Waals surface area contributed by atoms with Crippen LogP contribution in [0.2, 0.25) is 0 Å². The van der Waals surface area contributed by atoms with Crippen LogP contribution in [0, 0.1) is 11.3 Å². The molecule has 2 aliphatic rings. The van der Waals surface area contributed by atoms with Crippen LogP contribution in [-0.2, 0) is 9.53 Å². The molecule has 0 bridgehead atoms. The van der Waals surface area contributed by atoms with Gasteiger partial charge in [-0.15, -0.1) is 0 Å². The molecule has 0 aromatic rings. The van der Waals surface area contributed by atoms with Gasteiger partial charge in [0.1, 0.15) is 6.04 Å². The maximum Gasteiger partial charge on any atom is 0.407 e. The lowest BCUT2D eigenvalue weighted by atomic mass is 10.2. The monoisotopic (exact) mass is 280 g/mol. The minimum absolute atomic E-state index is 0.00719. The second-order valence-corrected chi connectivity index (χ2v) is 5.23. The number of nitriles is 1. The van der Waals surface area contributed by atoms with Crippen molar-refractivity contribution in [3.8, 4) is 6.07 Å². The standard InChI is InChI=1S/C13H20N4O3/c1-20-13(19)15-10-4-6-16(8-10)9-12(18)17-5-2-3-11(17)7-14/h10-11H,2-6,8-9H2,1H3,(H,15,19). The van der Waals surface area contributed by atoms with Gasteiger partial charge in [-0.2, -0.15) is 5.26 Å². The largest absolute Gasteiger partial charge is 0.453 e. The molecular weight excluding hydrogens is 260 g/mol. The molecule has 2 heterocycles. The van der Waals surface area contributed by atoms with E-state index in [9.17, 15) is 9.59 Å². The van der Waals surface area contributed by atoms with Crippen molar-refractivity contribution in [2.75, 3.05) is 33.3 Å². The lowest BCUT2D eigenvalue weighted by molar-refractivity contribution is -0.132. The summed E-state index contributed by atoms with van der Waals surface area (Å²) in [4.78, 5) is 27.0. The molecule has 2 unspecified atom stereocenters. The van der Waals surface area contributed by atoms with E-state index < -0.39 is 6.09 Å². The third-order valence-electron chi connectivity index (χ3n) is 3.86. The Morgan fingerprint density at radius 1 is 1.40 bits per heavy atom. The number of nitrogens with one attached hydrogen (secondary N) is 1. The summed E-state index contributed by atoms with van der Waals surface area (Å²) in [5.74, 6) is 0.00719. The van der Waals surface area contributed by atoms with Gasteiger partial charge in [0.15, 0.2) is 0 Å². The highest BCUT2D eigenvalue weighted by molar-refractivity contribution is 5.79. The lowest BCUT2D eigenvalue weighted by Gasteiger charge is -2.23. The molecule has 0 aliphatic carbocycles. The predicted molar refractivity (Wildman–Crippen MR) is 70.7 cm³/mol. The Balaban J connectivity index is 1.79. The highest BCUT2D eigenvalue weighted by Gasteiger charge is 2.31. The van der Waals surface area contributed by atoms with Crippen LogP contribution in [-0.4, -0.2) is 67.2 Å². The minimum atomic E-state index is -0.438. The van der Waals surface area contributed by atoms with Crippen LogP contribution < -0.4 is 5.32 Å². The van der Waals surface area contributed by atoms with E-state index in [1.807, 2.05) is 4.90 Å². The molecular formula is C13H20N4O3. The molecule has 2 atom stereocenters. The first-order valence-electron chi connectivity index (χ1n) is 6.90. The minimum Gasteiger partial charge on any atom is -0.453 e. The Morgan fingerprint density at radius 2 is 2.20 bits per heavy atom. The van der Waals surface area contributed by atoms with E-state index in [0.29, 0.717) is 19.6 Å². The summed E-state index contributed by atoms with van der Waals surface area (Å²) in [7, 11) is 1.33. The van der Waals surface area contributed by atoms with Crippen molar-refractivity contribution in [1.29, 1.82) is 5.26 Å². The Kier molecular flexibility index (Phi) is 4.79. The summed E-state index contributed by atoms with van der Waals surface area (Å²) < 4.78 is 4.56. The van der Waals surface area contributed by atoms with Crippen LogP contribution in [0.1, 0.15) is 19.3 Å². The summed E-state index contributed by atoms with van der Waals surface area (Å²) in [6, 6.07) is 1.93. The molecule has 2 fully saturated rings. The Hall–Kier alpha value is -1.81. The number of alkyl carbamates (subject to hydrolysis) is 1. The Bertz CT molecular complexity index is 420. The molecule has 0 radical (unpaired) electrons. The van der Waals surface area contributed by atoms with Crippen molar-refractivity contribution in [2.45, 2.75) is 31.3 Å². The number of nitrogens with zero attached hydrogens (tertiary/aromatic N) is 3. The van der Waals surface area contributed by atoms with E-state index in [2.05, 4.69) is 16.1 Å². The number of likely N-dealkylation sites (tertiary alicyclic amines) is 2. The van der Waals surface area contributed by atoms with Crippen molar-refractivity contribution in [3.63, 3.8) is 0 Å². The molecule has 7 nitrogen and oxygen atoms in total. The van der Waals surface area contributed by atoms with E-state index in [1.165, 1.54) is 7.11 Å². The van der Waals surface area contributed by atoms with Gasteiger partial charge in [0.25, 0.3) is 0 Å². The molecule has 2 saturated heterocycles. The van der Waals surface area contributed by atoms with E-state index in [-0.39, 0.29) is 18.0 Å². The zero-order valence-electron chi connectivity index (χ0n) is 11.7. The van der Waals surface area contributed by atoms with Crippen LogP contribution in [0.4, 0.5) is 4.79 Å². The number of ether oxygens (including phenoxy) is 1. The van der Waals surface area contributed by atoms with E-state index in [4.69, 9.17) is 5.26 Å². The highest BCUT2D eigenvalue weighted by Crippen LogP contribution is 2.17. The SMILES string of the molecule is COC(=O)NC1CCN(CC(=O)N2CCCC2C#N)C1. The van der Waals surface area contributed by atoms with Crippen LogP contribution in [0.5, 0.6) is 0 Å². The molecule has 20 heavy (non-hydrogen) atoms. The topological polar surface area (TPSA) is 85.7 Å².